The Morgan fingerprint density at radius 3 is 2.18 bits per heavy atom. The van der Waals surface area contributed by atoms with Crippen molar-refractivity contribution in [3.8, 4) is 17.2 Å². The second-order valence-corrected chi connectivity index (χ2v) is 11.3. The number of amides is 2. The summed E-state index contributed by atoms with van der Waals surface area (Å²) < 4.78 is 13.0. The van der Waals surface area contributed by atoms with Crippen molar-refractivity contribution in [3.63, 3.8) is 0 Å². The Labute approximate surface area is 262 Å². The summed E-state index contributed by atoms with van der Waals surface area (Å²) in [4.78, 5) is 30.6. The highest BCUT2D eigenvalue weighted by atomic mass is 16.5. The third-order valence-corrected chi connectivity index (χ3v) is 8.32. The molecule has 1 aliphatic rings. The maximum absolute atomic E-state index is 14.7. The maximum atomic E-state index is 14.7. The molecule has 4 aromatic carbocycles. The lowest BCUT2D eigenvalue weighted by Crippen LogP contribution is -2.48. The Hall–Kier alpha value is -5.18. The molecule has 1 aromatic heterocycles. The molecule has 9 heteroatoms. The molecular weight excluding hydrogens is 566 g/mol. The lowest BCUT2D eigenvalue weighted by atomic mass is 9.94. The van der Waals surface area contributed by atoms with E-state index in [2.05, 4.69) is 15.6 Å². The van der Waals surface area contributed by atoms with Crippen LogP contribution < -0.4 is 19.7 Å². The first-order valence-electron chi connectivity index (χ1n) is 15.4. The van der Waals surface area contributed by atoms with Crippen molar-refractivity contribution in [1.29, 1.82) is 0 Å². The van der Waals surface area contributed by atoms with Gasteiger partial charge in [0.25, 0.3) is 5.91 Å². The van der Waals surface area contributed by atoms with Gasteiger partial charge in [-0.2, -0.15) is 0 Å². The lowest BCUT2D eigenvalue weighted by Gasteiger charge is -2.35. The van der Waals surface area contributed by atoms with Crippen LogP contribution in [0, 0.1) is 0 Å². The standard InChI is InChI=1S/C36H37N5O4/c1-25(41-33-16-10-9-15-32(33)38-39-41)36(43)40(28-19-23-31(24-20-28)45-30-13-7-4-8-14-30)34(26-17-21-29(44-2)22-18-26)35(42)37-27-11-5-3-6-12-27/h4,7-10,13-25,27,34H,3,5-6,11-12H2,1-2H3,(H,37,42)/t25-,34-/m0/s1. The number of benzene rings is 4. The molecule has 1 saturated carbocycles. The molecular formula is C36H37N5O4. The zero-order valence-corrected chi connectivity index (χ0v) is 25.5. The van der Waals surface area contributed by atoms with Gasteiger partial charge in [0.15, 0.2) is 0 Å². The van der Waals surface area contributed by atoms with Crippen LogP contribution in [0.25, 0.3) is 11.0 Å². The molecule has 230 valence electrons. The van der Waals surface area contributed by atoms with Crippen LogP contribution in [0.5, 0.6) is 17.2 Å². The van der Waals surface area contributed by atoms with Crippen LogP contribution >= 0.6 is 0 Å². The number of nitrogens with zero attached hydrogens (tertiary/aromatic N) is 4. The molecule has 5 aromatic rings. The van der Waals surface area contributed by atoms with Gasteiger partial charge in [0.2, 0.25) is 5.91 Å². The maximum Gasteiger partial charge on any atom is 0.252 e. The summed E-state index contributed by atoms with van der Waals surface area (Å²) in [6, 6.07) is 29.9. The summed E-state index contributed by atoms with van der Waals surface area (Å²) >= 11 is 0. The van der Waals surface area contributed by atoms with E-state index < -0.39 is 12.1 Å². The van der Waals surface area contributed by atoms with E-state index in [-0.39, 0.29) is 17.9 Å². The Morgan fingerprint density at radius 2 is 1.47 bits per heavy atom. The molecule has 6 rings (SSSR count). The molecule has 1 fully saturated rings. The fraction of sp³-hybridized carbons (Fsp3) is 0.278. The van der Waals surface area contributed by atoms with Crippen molar-refractivity contribution in [2.75, 3.05) is 12.0 Å². The molecule has 0 aliphatic heterocycles. The molecule has 0 unspecified atom stereocenters. The van der Waals surface area contributed by atoms with Gasteiger partial charge in [0.1, 0.15) is 34.8 Å². The van der Waals surface area contributed by atoms with E-state index >= 15 is 0 Å². The normalized spacial score (nSPS) is 14.8. The fourth-order valence-electron chi connectivity index (χ4n) is 5.91. The SMILES string of the molecule is COc1ccc([C@@H](C(=O)NC2CCCCC2)N(C(=O)[C@H](C)n2nnc3ccccc32)c2ccc(Oc3ccccc3)cc2)cc1. The fourth-order valence-corrected chi connectivity index (χ4v) is 5.91. The van der Waals surface area contributed by atoms with Crippen LogP contribution in [0.1, 0.15) is 56.7 Å². The van der Waals surface area contributed by atoms with Crippen molar-refractivity contribution in [3.05, 3.63) is 109 Å². The van der Waals surface area contributed by atoms with Gasteiger partial charge in [0, 0.05) is 11.7 Å². The molecule has 0 saturated heterocycles. The largest absolute Gasteiger partial charge is 0.497 e. The lowest BCUT2D eigenvalue weighted by molar-refractivity contribution is -0.128. The van der Waals surface area contributed by atoms with E-state index in [0.717, 1.165) is 31.2 Å². The molecule has 9 nitrogen and oxygen atoms in total. The van der Waals surface area contributed by atoms with Crippen molar-refractivity contribution < 1.29 is 19.1 Å². The summed E-state index contributed by atoms with van der Waals surface area (Å²) in [6.07, 6.45) is 5.14. The topological polar surface area (TPSA) is 98.6 Å². The van der Waals surface area contributed by atoms with Crippen LogP contribution in [0.15, 0.2) is 103 Å². The number of carbonyl (C=O) groups excluding carboxylic acids is 2. The molecule has 1 aliphatic carbocycles. The van der Waals surface area contributed by atoms with Gasteiger partial charge in [0.05, 0.1) is 12.6 Å². The number of hydrogen-bond acceptors (Lipinski definition) is 6. The first kappa shape index (κ1) is 29.9. The third kappa shape index (κ3) is 6.67. The van der Waals surface area contributed by atoms with E-state index in [1.165, 1.54) is 6.42 Å². The monoisotopic (exact) mass is 603 g/mol. The van der Waals surface area contributed by atoms with Crippen LogP contribution in [0.4, 0.5) is 5.69 Å². The van der Waals surface area contributed by atoms with Gasteiger partial charge in [-0.3, -0.25) is 14.5 Å². The van der Waals surface area contributed by atoms with Crippen molar-refractivity contribution >= 4 is 28.5 Å². The summed E-state index contributed by atoms with van der Waals surface area (Å²) in [5, 5.41) is 11.9. The summed E-state index contributed by atoms with van der Waals surface area (Å²) in [7, 11) is 1.60. The number of para-hydroxylation sites is 2. The first-order valence-corrected chi connectivity index (χ1v) is 15.4. The van der Waals surface area contributed by atoms with Gasteiger partial charge in [-0.25, -0.2) is 4.68 Å². The zero-order chi connectivity index (χ0) is 31.2. The Morgan fingerprint density at radius 1 is 0.822 bits per heavy atom. The van der Waals surface area contributed by atoms with Gasteiger partial charge < -0.3 is 14.8 Å². The van der Waals surface area contributed by atoms with E-state index in [1.807, 2.05) is 103 Å². The number of carbonyl (C=O) groups is 2. The van der Waals surface area contributed by atoms with Crippen molar-refractivity contribution in [2.45, 2.75) is 57.2 Å². The quantitative estimate of drug-likeness (QED) is 0.184. The van der Waals surface area contributed by atoms with E-state index in [0.29, 0.717) is 34.0 Å². The van der Waals surface area contributed by atoms with E-state index in [4.69, 9.17) is 9.47 Å². The molecule has 0 bridgehead atoms. The number of fused-ring (bicyclic) bond motifs is 1. The van der Waals surface area contributed by atoms with Crippen LogP contribution in [0.3, 0.4) is 0 Å². The van der Waals surface area contributed by atoms with Crippen molar-refractivity contribution in [2.24, 2.45) is 0 Å². The Balaban J connectivity index is 1.42. The van der Waals surface area contributed by atoms with Crippen LogP contribution in [0.2, 0.25) is 0 Å². The zero-order valence-electron chi connectivity index (χ0n) is 25.5. The average molecular weight is 604 g/mol. The third-order valence-electron chi connectivity index (χ3n) is 8.32. The predicted octanol–water partition coefficient (Wildman–Crippen LogP) is 7.02. The summed E-state index contributed by atoms with van der Waals surface area (Å²) in [5.74, 6) is 1.43. The number of anilines is 1. The number of rotatable bonds is 10. The number of aromatic nitrogens is 3. The molecule has 2 atom stereocenters. The Bertz CT molecular complexity index is 1730. The number of hydrogen-bond donors (Lipinski definition) is 1. The minimum absolute atomic E-state index is 0.0577. The second-order valence-electron chi connectivity index (χ2n) is 11.3. The second kappa shape index (κ2) is 13.6. The smallest absolute Gasteiger partial charge is 0.252 e. The van der Waals surface area contributed by atoms with Crippen LogP contribution in [-0.4, -0.2) is 40.0 Å². The predicted molar refractivity (Wildman–Crippen MR) is 173 cm³/mol. The molecule has 0 spiro atoms. The summed E-state index contributed by atoms with van der Waals surface area (Å²) in [6.45, 7) is 1.79. The van der Waals surface area contributed by atoms with Gasteiger partial charge in [-0.15, -0.1) is 5.10 Å². The molecule has 0 radical (unpaired) electrons. The average Bonchev–Trinajstić information content (AvgIpc) is 3.52. The molecule has 1 N–H and O–H groups in total. The first-order chi connectivity index (χ1) is 22.0. The molecule has 1 heterocycles. The van der Waals surface area contributed by atoms with Gasteiger partial charge >= 0.3 is 0 Å². The Kier molecular flexibility index (Phi) is 9.05. The molecule has 2 amide bonds. The van der Waals surface area contributed by atoms with E-state index in [1.54, 1.807) is 23.6 Å². The highest BCUT2D eigenvalue weighted by molar-refractivity contribution is 6.03. The van der Waals surface area contributed by atoms with E-state index in [9.17, 15) is 9.59 Å². The number of nitrogens with one attached hydrogen (secondary N) is 1. The van der Waals surface area contributed by atoms with Crippen LogP contribution in [-0.2, 0) is 9.59 Å². The minimum atomic E-state index is -0.955. The molecule has 45 heavy (non-hydrogen) atoms. The van der Waals surface area contributed by atoms with Gasteiger partial charge in [-0.05, 0) is 86.0 Å². The number of ether oxygens (including phenoxy) is 2. The van der Waals surface area contributed by atoms with Gasteiger partial charge in [-0.1, -0.05) is 66.9 Å². The summed E-state index contributed by atoms with van der Waals surface area (Å²) in [5.41, 5.74) is 2.64. The highest BCUT2D eigenvalue weighted by Gasteiger charge is 2.37. The number of methoxy groups -OCH3 is 1. The van der Waals surface area contributed by atoms with Crippen molar-refractivity contribution in [1.82, 2.24) is 20.3 Å². The minimum Gasteiger partial charge on any atom is -0.497 e. The highest BCUT2D eigenvalue weighted by Crippen LogP contribution is 2.34.